The fourth-order valence-electron chi connectivity index (χ4n) is 0.425. The van der Waals surface area contributed by atoms with Gasteiger partial charge < -0.3 is 0 Å². The minimum absolute atomic E-state index is 0.406. The van der Waals surface area contributed by atoms with Gasteiger partial charge in [-0.05, 0) is 13.8 Å². The number of hydrogen-bond acceptors (Lipinski definition) is 0. The van der Waals surface area contributed by atoms with E-state index in [4.69, 9.17) is 0 Å². The topological polar surface area (TPSA) is 0 Å². The zero-order chi connectivity index (χ0) is 10.2. The highest BCUT2D eigenvalue weighted by atomic mass is 19.4. The Bertz CT molecular complexity index is 171. The van der Waals surface area contributed by atoms with Crippen LogP contribution in [0.5, 0.6) is 0 Å². The van der Waals surface area contributed by atoms with E-state index in [1.54, 1.807) is 0 Å². The molecular weight excluding hydrogens is 186 g/mol. The van der Waals surface area contributed by atoms with Gasteiger partial charge in [0.15, 0.2) is 0 Å². The molecule has 6 heteroatoms. The fourth-order valence-corrected chi connectivity index (χ4v) is 0.425. The average molecular weight is 192 g/mol. The van der Waals surface area contributed by atoms with Crippen LogP contribution < -0.4 is 0 Å². The molecule has 0 unspecified atom stereocenters. The molecule has 72 valence electrons. The number of alkyl halides is 6. The predicted octanol–water partition coefficient (Wildman–Crippen LogP) is 3.45. The van der Waals surface area contributed by atoms with E-state index in [0.717, 1.165) is 0 Å². The lowest BCUT2D eigenvalue weighted by Gasteiger charge is -2.13. The molecule has 0 aliphatic carbocycles. The molecule has 0 aliphatic heterocycles. The summed E-state index contributed by atoms with van der Waals surface area (Å²) < 4.78 is 70.0. The van der Waals surface area contributed by atoms with Crippen LogP contribution in [-0.4, -0.2) is 12.4 Å². The second-order valence-electron chi connectivity index (χ2n) is 2.25. The van der Waals surface area contributed by atoms with Gasteiger partial charge in [-0.2, -0.15) is 26.3 Å². The smallest absolute Gasteiger partial charge is 0.166 e. The maximum Gasteiger partial charge on any atom is 0.412 e. The Hall–Kier alpha value is -0.680. The van der Waals surface area contributed by atoms with Crippen LogP contribution in [0.25, 0.3) is 0 Å². The summed E-state index contributed by atoms with van der Waals surface area (Å²) in [6, 6.07) is 0. The van der Waals surface area contributed by atoms with Crippen molar-refractivity contribution in [3.8, 4) is 0 Å². The molecule has 0 amide bonds. The van der Waals surface area contributed by atoms with Crippen LogP contribution >= 0.6 is 0 Å². The molecule has 0 spiro atoms. The monoisotopic (exact) mass is 192 g/mol. The highest BCUT2D eigenvalue weighted by Crippen LogP contribution is 2.35. The van der Waals surface area contributed by atoms with Crippen molar-refractivity contribution in [2.45, 2.75) is 26.2 Å². The normalized spacial score (nSPS) is 16.0. The lowest BCUT2D eigenvalue weighted by molar-refractivity contribution is -0.114. The van der Waals surface area contributed by atoms with Gasteiger partial charge in [0, 0.05) is 11.1 Å². The Morgan fingerprint density at radius 2 is 0.833 bits per heavy atom. The van der Waals surface area contributed by atoms with E-state index in [-0.39, 0.29) is 0 Å². The van der Waals surface area contributed by atoms with Crippen molar-refractivity contribution in [1.29, 1.82) is 0 Å². The predicted molar refractivity (Wildman–Crippen MR) is 30.5 cm³/mol. The van der Waals surface area contributed by atoms with Gasteiger partial charge in [-0.15, -0.1) is 0 Å². The Kier molecular flexibility index (Phi) is 2.82. The van der Waals surface area contributed by atoms with Crippen LogP contribution in [0.4, 0.5) is 26.3 Å². The van der Waals surface area contributed by atoms with E-state index >= 15 is 0 Å². The van der Waals surface area contributed by atoms with E-state index in [1.807, 2.05) is 0 Å². The highest BCUT2D eigenvalue weighted by Gasteiger charge is 2.40. The Labute approximate surface area is 64.9 Å². The first-order chi connectivity index (χ1) is 5.07. The lowest BCUT2D eigenvalue weighted by Crippen LogP contribution is -2.18. The average Bonchev–Trinajstić information content (AvgIpc) is 1.80. The first-order valence-electron chi connectivity index (χ1n) is 2.88. The van der Waals surface area contributed by atoms with Gasteiger partial charge in [0.1, 0.15) is 0 Å². The first kappa shape index (κ1) is 11.3. The third-order valence-electron chi connectivity index (χ3n) is 1.41. The SMILES string of the molecule is CC(=C(C)C(F)(F)F)C(F)(F)F. The lowest BCUT2D eigenvalue weighted by atomic mass is 10.1. The summed E-state index contributed by atoms with van der Waals surface area (Å²) in [7, 11) is 0. The van der Waals surface area contributed by atoms with E-state index in [2.05, 4.69) is 0 Å². The fraction of sp³-hybridized carbons (Fsp3) is 0.667. The van der Waals surface area contributed by atoms with Gasteiger partial charge in [0.05, 0.1) is 0 Å². The molecule has 0 nitrogen and oxygen atoms in total. The molecule has 0 fully saturated rings. The Morgan fingerprint density at radius 1 is 0.667 bits per heavy atom. The van der Waals surface area contributed by atoms with Crippen LogP contribution in [0.3, 0.4) is 0 Å². The van der Waals surface area contributed by atoms with E-state index in [1.165, 1.54) is 0 Å². The van der Waals surface area contributed by atoms with Crippen LogP contribution in [0, 0.1) is 0 Å². The van der Waals surface area contributed by atoms with Crippen molar-refractivity contribution in [2.75, 3.05) is 0 Å². The molecule has 0 aliphatic rings. The number of rotatable bonds is 0. The summed E-state index contributed by atoms with van der Waals surface area (Å²) in [5.41, 5.74) is -3.20. The Morgan fingerprint density at radius 3 is 0.917 bits per heavy atom. The molecule has 0 heterocycles. The van der Waals surface area contributed by atoms with Crippen LogP contribution in [0.1, 0.15) is 13.8 Å². The van der Waals surface area contributed by atoms with Gasteiger partial charge in [0.2, 0.25) is 0 Å². The van der Waals surface area contributed by atoms with Gasteiger partial charge >= 0.3 is 12.4 Å². The van der Waals surface area contributed by atoms with Gasteiger partial charge in [-0.1, -0.05) is 0 Å². The first-order valence-corrected chi connectivity index (χ1v) is 2.88. The third kappa shape index (κ3) is 2.75. The molecule has 0 rings (SSSR count). The molecule has 0 radical (unpaired) electrons. The summed E-state index contributed by atoms with van der Waals surface area (Å²) in [6.45, 7) is 0.811. The second kappa shape index (κ2) is 2.99. The van der Waals surface area contributed by atoms with Crippen LogP contribution in [0.15, 0.2) is 11.1 Å². The molecule has 0 aromatic carbocycles. The second-order valence-corrected chi connectivity index (χ2v) is 2.25. The molecule has 0 bridgehead atoms. The van der Waals surface area contributed by atoms with E-state index < -0.39 is 23.5 Å². The van der Waals surface area contributed by atoms with Crippen molar-refractivity contribution in [1.82, 2.24) is 0 Å². The van der Waals surface area contributed by atoms with E-state index in [0.29, 0.717) is 13.8 Å². The molecule has 0 saturated heterocycles. The zero-order valence-corrected chi connectivity index (χ0v) is 6.27. The maximum atomic E-state index is 11.7. The molecule has 0 aromatic rings. The summed E-state index contributed by atoms with van der Waals surface area (Å²) >= 11 is 0. The molecule has 0 aromatic heterocycles. The van der Waals surface area contributed by atoms with Crippen molar-refractivity contribution >= 4 is 0 Å². The summed E-state index contributed by atoms with van der Waals surface area (Å²) in [5, 5.41) is 0. The van der Waals surface area contributed by atoms with Gasteiger partial charge in [0.25, 0.3) is 0 Å². The Balaban J connectivity index is 4.96. The van der Waals surface area contributed by atoms with E-state index in [9.17, 15) is 26.3 Å². The van der Waals surface area contributed by atoms with Crippen molar-refractivity contribution < 1.29 is 26.3 Å². The summed E-state index contributed by atoms with van der Waals surface area (Å²) in [5.74, 6) is 0. The van der Waals surface area contributed by atoms with Crippen LogP contribution in [0.2, 0.25) is 0 Å². The maximum absolute atomic E-state index is 11.7. The van der Waals surface area contributed by atoms with Crippen LogP contribution in [-0.2, 0) is 0 Å². The minimum Gasteiger partial charge on any atom is -0.166 e. The number of halogens is 6. The molecule has 0 atom stereocenters. The molecular formula is C6H6F6. The summed E-state index contributed by atoms with van der Waals surface area (Å²) in [4.78, 5) is 0. The quantitative estimate of drug-likeness (QED) is 0.407. The molecule has 0 N–H and O–H groups in total. The number of allylic oxidation sites excluding steroid dienone is 2. The highest BCUT2D eigenvalue weighted by molar-refractivity contribution is 5.18. The molecule has 0 saturated carbocycles. The standard InChI is InChI=1S/C6H6F6/c1-3(5(7,8)9)4(2)6(10,11)12/h1-2H3. The third-order valence-corrected chi connectivity index (χ3v) is 1.41. The largest absolute Gasteiger partial charge is 0.412 e. The van der Waals surface area contributed by atoms with Crippen molar-refractivity contribution in [3.63, 3.8) is 0 Å². The van der Waals surface area contributed by atoms with Crippen molar-refractivity contribution in [2.24, 2.45) is 0 Å². The van der Waals surface area contributed by atoms with Gasteiger partial charge in [-0.3, -0.25) is 0 Å². The number of hydrogen-bond donors (Lipinski definition) is 0. The summed E-state index contributed by atoms with van der Waals surface area (Å²) in [6.07, 6.45) is -9.81. The zero-order valence-electron chi connectivity index (χ0n) is 6.27. The molecule has 12 heavy (non-hydrogen) atoms. The minimum atomic E-state index is -4.90. The van der Waals surface area contributed by atoms with Crippen molar-refractivity contribution in [3.05, 3.63) is 11.1 Å². The van der Waals surface area contributed by atoms with Gasteiger partial charge in [-0.25, -0.2) is 0 Å².